The number of nitrogens with one attached hydrogen (secondary N) is 1. The van der Waals surface area contributed by atoms with Gasteiger partial charge >= 0.3 is 0 Å². The van der Waals surface area contributed by atoms with Crippen LogP contribution >= 0.6 is 0 Å². The fourth-order valence-corrected chi connectivity index (χ4v) is 2.53. The summed E-state index contributed by atoms with van der Waals surface area (Å²) in [4.78, 5) is 32.2. The van der Waals surface area contributed by atoms with Gasteiger partial charge in [0.2, 0.25) is 5.91 Å². The number of nitro groups is 2. The van der Waals surface area contributed by atoms with Crippen LogP contribution in [-0.2, 0) is 10.2 Å². The number of hydrogen-bond donors (Lipinski definition) is 1. The van der Waals surface area contributed by atoms with Crippen LogP contribution in [0.1, 0.15) is 31.9 Å². The molecule has 0 heterocycles. The largest absolute Gasteiger partial charge is 0.321 e. The van der Waals surface area contributed by atoms with Gasteiger partial charge in [-0.05, 0) is 17.2 Å². The lowest BCUT2D eigenvalue weighted by Crippen LogP contribution is -2.19. The highest BCUT2D eigenvalue weighted by atomic mass is 16.6. The number of nitro benzene ring substituents is 2. The first-order chi connectivity index (χ1) is 11.6. The Hall–Kier alpha value is -3.29. The van der Waals surface area contributed by atoms with E-state index in [-0.39, 0.29) is 17.1 Å². The van der Waals surface area contributed by atoms with E-state index in [9.17, 15) is 25.0 Å². The third kappa shape index (κ3) is 3.79. The molecule has 130 valence electrons. The van der Waals surface area contributed by atoms with Crippen LogP contribution in [0.2, 0.25) is 0 Å². The number of nitrogens with zero attached hydrogens (tertiary/aromatic N) is 2. The average Bonchev–Trinajstić information content (AvgIpc) is 2.54. The van der Waals surface area contributed by atoms with Gasteiger partial charge < -0.3 is 5.32 Å². The number of carbonyl (C=O) groups excluding carboxylic acids is 1. The van der Waals surface area contributed by atoms with Crippen molar-refractivity contribution in [3.05, 3.63) is 73.8 Å². The van der Waals surface area contributed by atoms with E-state index in [2.05, 4.69) is 5.32 Å². The Morgan fingerprint density at radius 1 is 0.960 bits per heavy atom. The van der Waals surface area contributed by atoms with Gasteiger partial charge in [0, 0.05) is 30.5 Å². The van der Waals surface area contributed by atoms with Gasteiger partial charge in [-0.3, -0.25) is 25.0 Å². The highest BCUT2D eigenvalue weighted by molar-refractivity contribution is 5.91. The molecule has 0 fully saturated rings. The Labute approximate surface area is 143 Å². The first-order valence-electron chi connectivity index (χ1n) is 7.44. The predicted octanol–water partition coefficient (Wildman–Crippen LogP) is 3.79. The topological polar surface area (TPSA) is 115 Å². The lowest BCUT2D eigenvalue weighted by Gasteiger charge is -2.26. The number of non-ortho nitro benzene ring substituents is 1. The van der Waals surface area contributed by atoms with E-state index in [4.69, 9.17) is 0 Å². The van der Waals surface area contributed by atoms with Crippen molar-refractivity contribution in [2.45, 2.75) is 26.2 Å². The summed E-state index contributed by atoms with van der Waals surface area (Å²) in [7, 11) is 0. The minimum atomic E-state index is -0.616. The van der Waals surface area contributed by atoms with E-state index in [1.807, 2.05) is 13.8 Å². The van der Waals surface area contributed by atoms with Crippen LogP contribution in [0.25, 0.3) is 0 Å². The van der Waals surface area contributed by atoms with Crippen LogP contribution in [0.4, 0.5) is 17.1 Å². The molecule has 1 amide bonds. The average molecular weight is 343 g/mol. The van der Waals surface area contributed by atoms with Gasteiger partial charge in [0.25, 0.3) is 11.4 Å². The van der Waals surface area contributed by atoms with Gasteiger partial charge in [0.05, 0.1) is 9.85 Å². The molecule has 0 saturated heterocycles. The molecule has 0 radical (unpaired) electrons. The zero-order chi connectivity index (χ0) is 18.8. The maximum absolute atomic E-state index is 11.3. The number of anilines is 1. The van der Waals surface area contributed by atoms with Gasteiger partial charge in [0.1, 0.15) is 5.69 Å². The molecule has 0 aromatic heterocycles. The summed E-state index contributed by atoms with van der Waals surface area (Å²) in [6.45, 7) is 5.01. The fourth-order valence-electron chi connectivity index (χ4n) is 2.53. The number of benzene rings is 2. The maximum Gasteiger partial charge on any atom is 0.293 e. The zero-order valence-electron chi connectivity index (χ0n) is 14.0. The maximum atomic E-state index is 11.3. The van der Waals surface area contributed by atoms with E-state index in [0.29, 0.717) is 5.56 Å². The number of rotatable bonds is 5. The van der Waals surface area contributed by atoms with Crippen molar-refractivity contribution in [2.24, 2.45) is 0 Å². The van der Waals surface area contributed by atoms with E-state index in [1.54, 1.807) is 18.2 Å². The van der Waals surface area contributed by atoms with Gasteiger partial charge in [-0.1, -0.05) is 32.0 Å². The molecule has 2 rings (SSSR count). The molecule has 0 bridgehead atoms. The lowest BCUT2D eigenvalue weighted by molar-refractivity contribution is -0.384. The molecule has 0 spiro atoms. The molecule has 0 aliphatic heterocycles. The van der Waals surface area contributed by atoms with Gasteiger partial charge in [-0.2, -0.15) is 0 Å². The Morgan fingerprint density at radius 3 is 2.00 bits per heavy atom. The minimum absolute atomic E-state index is 0.0217. The summed E-state index contributed by atoms with van der Waals surface area (Å²) in [6.07, 6.45) is 0. The molecule has 0 unspecified atom stereocenters. The van der Waals surface area contributed by atoms with Crippen molar-refractivity contribution in [2.75, 3.05) is 5.32 Å². The number of carbonyl (C=O) groups is 1. The van der Waals surface area contributed by atoms with E-state index >= 15 is 0 Å². The summed E-state index contributed by atoms with van der Waals surface area (Å²) in [5, 5.41) is 24.5. The second-order valence-corrected chi connectivity index (χ2v) is 6.10. The molecule has 25 heavy (non-hydrogen) atoms. The molecule has 8 heteroatoms. The summed E-state index contributed by atoms with van der Waals surface area (Å²) in [6, 6.07) is 10.7. The summed E-state index contributed by atoms with van der Waals surface area (Å²) in [5.41, 5.74) is 0.714. The van der Waals surface area contributed by atoms with E-state index in [0.717, 1.165) is 5.56 Å². The standard InChI is InChI=1S/C17H17N3O5/c1-11(21)18-15-9-6-13(10-16(15)20(24)25)17(2,3)12-4-7-14(8-5-12)19(22)23/h4-10H,1-3H3,(H,18,21). The summed E-state index contributed by atoms with van der Waals surface area (Å²) >= 11 is 0. The van der Waals surface area contributed by atoms with Crippen LogP contribution in [0.3, 0.4) is 0 Å². The molecule has 8 nitrogen and oxygen atoms in total. The van der Waals surface area contributed by atoms with E-state index in [1.165, 1.54) is 31.2 Å². The smallest absolute Gasteiger partial charge is 0.293 e. The lowest BCUT2D eigenvalue weighted by atomic mass is 9.78. The molecule has 1 N–H and O–H groups in total. The first kappa shape index (κ1) is 18.1. The summed E-state index contributed by atoms with van der Waals surface area (Å²) in [5.74, 6) is -0.398. The minimum Gasteiger partial charge on any atom is -0.321 e. The molecule has 0 aliphatic rings. The molecule has 0 saturated carbocycles. The number of amides is 1. The molecule has 2 aromatic carbocycles. The number of hydrogen-bond acceptors (Lipinski definition) is 5. The Morgan fingerprint density at radius 2 is 1.52 bits per heavy atom. The molecule has 0 atom stereocenters. The van der Waals surface area contributed by atoms with E-state index < -0.39 is 21.2 Å². The normalized spacial score (nSPS) is 11.0. The van der Waals surface area contributed by atoms with Crippen molar-refractivity contribution in [3.63, 3.8) is 0 Å². The van der Waals surface area contributed by atoms with Crippen LogP contribution in [0, 0.1) is 20.2 Å². The Balaban J connectivity index is 2.48. The second-order valence-electron chi connectivity index (χ2n) is 6.10. The van der Waals surface area contributed by atoms with Crippen LogP contribution in [-0.4, -0.2) is 15.8 Å². The zero-order valence-corrected chi connectivity index (χ0v) is 14.0. The Kier molecular flexibility index (Phi) is 4.82. The van der Waals surface area contributed by atoms with Gasteiger partial charge in [0.15, 0.2) is 0 Å². The monoisotopic (exact) mass is 343 g/mol. The first-order valence-corrected chi connectivity index (χ1v) is 7.44. The van der Waals surface area contributed by atoms with Gasteiger partial charge in [-0.15, -0.1) is 0 Å². The molecule has 0 aliphatic carbocycles. The van der Waals surface area contributed by atoms with Crippen molar-refractivity contribution in [1.29, 1.82) is 0 Å². The van der Waals surface area contributed by atoms with Crippen molar-refractivity contribution in [1.82, 2.24) is 0 Å². The highest BCUT2D eigenvalue weighted by Crippen LogP contribution is 2.36. The molecular weight excluding hydrogens is 326 g/mol. The van der Waals surface area contributed by atoms with Crippen molar-refractivity contribution < 1.29 is 14.6 Å². The van der Waals surface area contributed by atoms with Gasteiger partial charge in [-0.25, -0.2) is 0 Å². The highest BCUT2D eigenvalue weighted by Gasteiger charge is 2.27. The summed E-state index contributed by atoms with van der Waals surface area (Å²) < 4.78 is 0. The van der Waals surface area contributed by atoms with Crippen molar-refractivity contribution >= 4 is 23.0 Å². The quantitative estimate of drug-likeness (QED) is 0.655. The molecule has 2 aromatic rings. The third-order valence-corrected chi connectivity index (χ3v) is 4.03. The Bertz CT molecular complexity index is 844. The second kappa shape index (κ2) is 6.68. The van der Waals surface area contributed by atoms with Crippen LogP contribution in [0.5, 0.6) is 0 Å². The molecular formula is C17H17N3O5. The third-order valence-electron chi connectivity index (χ3n) is 4.03. The van der Waals surface area contributed by atoms with Crippen LogP contribution < -0.4 is 5.32 Å². The fraction of sp³-hybridized carbons (Fsp3) is 0.235. The van der Waals surface area contributed by atoms with Crippen molar-refractivity contribution in [3.8, 4) is 0 Å². The SMILES string of the molecule is CC(=O)Nc1ccc(C(C)(C)c2ccc([N+](=O)[O-])cc2)cc1[N+](=O)[O-]. The predicted molar refractivity (Wildman–Crippen MR) is 92.6 cm³/mol. The van der Waals surface area contributed by atoms with Crippen LogP contribution in [0.15, 0.2) is 42.5 Å².